The third-order valence-corrected chi connectivity index (χ3v) is 5.46. The molecule has 1 aliphatic rings. The van der Waals surface area contributed by atoms with E-state index in [4.69, 9.17) is 11.6 Å². The first-order chi connectivity index (χ1) is 15.1. The van der Waals surface area contributed by atoms with E-state index in [2.05, 4.69) is 26.6 Å². The predicted octanol–water partition coefficient (Wildman–Crippen LogP) is 4.38. The van der Waals surface area contributed by atoms with Gasteiger partial charge in [0.05, 0.1) is 5.69 Å². The summed E-state index contributed by atoms with van der Waals surface area (Å²) in [7, 11) is 0. The summed E-state index contributed by atoms with van der Waals surface area (Å²) in [5.74, 6) is 0.623. The predicted molar refractivity (Wildman–Crippen MR) is 126 cm³/mol. The molecule has 0 bridgehead atoms. The highest BCUT2D eigenvalue weighted by Crippen LogP contribution is 2.30. The van der Waals surface area contributed by atoms with Crippen molar-refractivity contribution in [2.24, 2.45) is 5.92 Å². The lowest BCUT2D eigenvalue weighted by Crippen LogP contribution is -2.42. The van der Waals surface area contributed by atoms with Gasteiger partial charge in [0.15, 0.2) is 5.82 Å². The van der Waals surface area contributed by atoms with Crippen LogP contribution in [0.4, 0.5) is 11.5 Å². The number of nitrogens with one attached hydrogen (secondary N) is 2. The minimum Gasteiger partial charge on any atom is -0.355 e. The molecule has 2 heterocycles. The lowest BCUT2D eigenvalue weighted by molar-refractivity contribution is -0.123. The summed E-state index contributed by atoms with van der Waals surface area (Å²) in [6.07, 6.45) is 2.16. The highest BCUT2D eigenvalue weighted by molar-refractivity contribution is 6.31. The molecule has 32 heavy (non-hydrogen) atoms. The van der Waals surface area contributed by atoms with Gasteiger partial charge in [-0.25, -0.2) is 4.98 Å². The average molecular weight is 454 g/mol. The Morgan fingerprint density at radius 3 is 2.56 bits per heavy atom. The number of halogens is 1. The van der Waals surface area contributed by atoms with Crippen molar-refractivity contribution in [2.75, 3.05) is 23.3 Å². The Balaban J connectivity index is 1.70. The van der Waals surface area contributed by atoms with Crippen LogP contribution in [-0.4, -0.2) is 35.4 Å². The van der Waals surface area contributed by atoms with Gasteiger partial charge in [0.1, 0.15) is 11.8 Å². The van der Waals surface area contributed by atoms with Crippen LogP contribution in [0.15, 0.2) is 36.4 Å². The Morgan fingerprint density at radius 2 is 1.94 bits per heavy atom. The highest BCUT2D eigenvalue weighted by Gasteiger charge is 2.26. The van der Waals surface area contributed by atoms with Crippen LogP contribution in [0.3, 0.4) is 0 Å². The first-order valence-electron chi connectivity index (χ1n) is 10.7. The van der Waals surface area contributed by atoms with Gasteiger partial charge in [0.25, 0.3) is 5.91 Å². The van der Waals surface area contributed by atoms with E-state index in [1.54, 1.807) is 36.4 Å². The molecule has 168 valence electrons. The Labute approximate surface area is 193 Å². The van der Waals surface area contributed by atoms with Gasteiger partial charge in [-0.05, 0) is 69.9 Å². The molecule has 2 N–H and O–H groups in total. The molecule has 1 fully saturated rings. The van der Waals surface area contributed by atoms with E-state index in [0.29, 0.717) is 41.6 Å². The van der Waals surface area contributed by atoms with Crippen molar-refractivity contribution in [1.29, 1.82) is 5.26 Å². The Kier molecular flexibility index (Phi) is 7.37. The monoisotopic (exact) mass is 453 g/mol. The number of amides is 2. The fraction of sp³-hybridized carbons (Fsp3) is 0.417. The number of aromatic nitrogens is 1. The molecule has 8 heteroatoms. The van der Waals surface area contributed by atoms with Crippen LogP contribution in [0, 0.1) is 17.2 Å². The van der Waals surface area contributed by atoms with Gasteiger partial charge < -0.3 is 15.5 Å². The normalized spacial score (nSPS) is 14.5. The van der Waals surface area contributed by atoms with Gasteiger partial charge in [-0.15, -0.1) is 0 Å². The first kappa shape index (κ1) is 23.6. The lowest BCUT2D eigenvalue weighted by Gasteiger charge is -2.34. The van der Waals surface area contributed by atoms with Crippen molar-refractivity contribution in [1.82, 2.24) is 10.3 Å². The number of carbonyl (C=O) groups is 2. The molecule has 1 aliphatic heterocycles. The van der Waals surface area contributed by atoms with Gasteiger partial charge >= 0.3 is 0 Å². The number of nitriles is 1. The van der Waals surface area contributed by atoms with Crippen LogP contribution < -0.4 is 15.5 Å². The van der Waals surface area contributed by atoms with E-state index in [1.165, 1.54) is 0 Å². The SMILES string of the molecule is CC(C)(C)NC(=O)CC1CCN(c2nc(C#N)ccc2NC(=O)c2cccc(Cl)c2)CC1. The number of nitrogens with zero attached hydrogens (tertiary/aromatic N) is 3. The second kappa shape index (κ2) is 10.0. The van der Waals surface area contributed by atoms with Crippen LogP contribution in [0.1, 0.15) is 56.1 Å². The van der Waals surface area contributed by atoms with E-state index in [-0.39, 0.29) is 29.0 Å². The highest BCUT2D eigenvalue weighted by atomic mass is 35.5. The Bertz CT molecular complexity index is 1030. The van der Waals surface area contributed by atoms with E-state index >= 15 is 0 Å². The maximum absolute atomic E-state index is 12.7. The van der Waals surface area contributed by atoms with Crippen molar-refractivity contribution in [2.45, 2.75) is 45.6 Å². The molecule has 2 amide bonds. The van der Waals surface area contributed by atoms with Crippen LogP contribution in [0.25, 0.3) is 0 Å². The number of pyridine rings is 1. The molecule has 1 aromatic heterocycles. The third kappa shape index (κ3) is 6.44. The van der Waals surface area contributed by atoms with Gasteiger partial charge in [0.2, 0.25) is 5.91 Å². The summed E-state index contributed by atoms with van der Waals surface area (Å²) >= 11 is 6.00. The fourth-order valence-corrected chi connectivity index (χ4v) is 3.94. The van der Waals surface area contributed by atoms with Crippen LogP contribution >= 0.6 is 11.6 Å². The summed E-state index contributed by atoms with van der Waals surface area (Å²) in [5, 5.41) is 15.7. The number of carbonyl (C=O) groups excluding carboxylic acids is 2. The number of benzene rings is 1. The van der Waals surface area contributed by atoms with E-state index in [1.807, 2.05) is 20.8 Å². The standard InChI is InChI=1S/C24H28ClN5O2/c1-24(2,3)29-21(31)13-16-9-11-30(12-10-16)22-20(8-7-19(15-26)27-22)28-23(32)17-5-4-6-18(25)14-17/h4-8,14,16H,9-13H2,1-3H3,(H,28,32)(H,29,31). The molecule has 3 rings (SSSR count). The van der Waals surface area contributed by atoms with Crippen molar-refractivity contribution < 1.29 is 9.59 Å². The van der Waals surface area contributed by atoms with Crippen molar-refractivity contribution in [3.05, 3.63) is 52.7 Å². The quantitative estimate of drug-likeness (QED) is 0.700. The van der Waals surface area contributed by atoms with Gasteiger partial charge in [-0.2, -0.15) is 5.26 Å². The smallest absolute Gasteiger partial charge is 0.255 e. The third-order valence-electron chi connectivity index (χ3n) is 5.23. The molecule has 2 aromatic rings. The maximum atomic E-state index is 12.7. The molecule has 0 aliphatic carbocycles. The van der Waals surface area contributed by atoms with Gasteiger partial charge in [-0.3, -0.25) is 9.59 Å². The second-order valence-electron chi connectivity index (χ2n) is 9.08. The summed E-state index contributed by atoms with van der Waals surface area (Å²) in [6, 6.07) is 12.1. The zero-order valence-electron chi connectivity index (χ0n) is 18.6. The van der Waals surface area contributed by atoms with E-state index in [9.17, 15) is 14.9 Å². The molecule has 0 spiro atoms. The number of hydrogen-bond donors (Lipinski definition) is 2. The number of piperidine rings is 1. The number of rotatable bonds is 5. The fourth-order valence-electron chi connectivity index (χ4n) is 3.75. The number of hydrogen-bond acceptors (Lipinski definition) is 5. The summed E-state index contributed by atoms with van der Waals surface area (Å²) < 4.78 is 0. The number of anilines is 2. The van der Waals surface area contributed by atoms with E-state index in [0.717, 1.165) is 12.8 Å². The molecule has 0 radical (unpaired) electrons. The summed E-state index contributed by atoms with van der Waals surface area (Å²) in [4.78, 5) is 31.5. The zero-order valence-corrected chi connectivity index (χ0v) is 19.4. The molecular formula is C24H28ClN5O2. The topological polar surface area (TPSA) is 98.1 Å². The molecular weight excluding hydrogens is 426 g/mol. The molecule has 1 aromatic carbocycles. The average Bonchev–Trinajstić information content (AvgIpc) is 2.73. The molecule has 0 saturated carbocycles. The molecule has 7 nitrogen and oxygen atoms in total. The molecule has 0 unspecified atom stereocenters. The van der Waals surface area contributed by atoms with Crippen molar-refractivity contribution >= 4 is 34.9 Å². The van der Waals surface area contributed by atoms with E-state index < -0.39 is 0 Å². The largest absolute Gasteiger partial charge is 0.355 e. The minimum atomic E-state index is -0.297. The van der Waals surface area contributed by atoms with Crippen LogP contribution in [0.2, 0.25) is 5.02 Å². The second-order valence-corrected chi connectivity index (χ2v) is 9.51. The summed E-state index contributed by atoms with van der Waals surface area (Å²) in [6.45, 7) is 7.30. The van der Waals surface area contributed by atoms with Gasteiger partial charge in [-0.1, -0.05) is 17.7 Å². The lowest BCUT2D eigenvalue weighted by atomic mass is 9.92. The molecule has 1 saturated heterocycles. The summed E-state index contributed by atoms with van der Waals surface area (Å²) in [5.41, 5.74) is 1.02. The van der Waals surface area contributed by atoms with Gasteiger partial charge in [0, 0.05) is 35.6 Å². The van der Waals surface area contributed by atoms with Crippen molar-refractivity contribution in [3.63, 3.8) is 0 Å². The van der Waals surface area contributed by atoms with Crippen LogP contribution in [0.5, 0.6) is 0 Å². The first-order valence-corrected chi connectivity index (χ1v) is 11.1. The minimum absolute atomic E-state index is 0.0648. The zero-order chi connectivity index (χ0) is 23.3. The molecule has 0 atom stereocenters. The Hall–Kier alpha value is -3.11. The van der Waals surface area contributed by atoms with Crippen LogP contribution in [-0.2, 0) is 4.79 Å². The van der Waals surface area contributed by atoms with Crippen molar-refractivity contribution in [3.8, 4) is 6.07 Å². The maximum Gasteiger partial charge on any atom is 0.255 e. The Morgan fingerprint density at radius 1 is 1.22 bits per heavy atom.